The highest BCUT2D eigenvalue weighted by molar-refractivity contribution is 6.48. The lowest BCUT2D eigenvalue weighted by atomic mass is 9.87. The second-order valence-corrected chi connectivity index (χ2v) is 7.58. The van der Waals surface area contributed by atoms with Crippen LogP contribution in [0.1, 0.15) is 27.6 Å². The van der Waals surface area contributed by atoms with E-state index in [1.54, 1.807) is 12.1 Å². The van der Waals surface area contributed by atoms with Gasteiger partial charge in [-0.25, -0.2) is 9.59 Å². The number of rotatable bonds is 0. The van der Waals surface area contributed by atoms with Gasteiger partial charge >= 0.3 is 11.9 Å². The van der Waals surface area contributed by atoms with Gasteiger partial charge in [-0.2, -0.15) is 0 Å². The molecule has 0 saturated heterocycles. The fourth-order valence-corrected chi connectivity index (χ4v) is 4.90. The SMILES string of the molecule is C/C=c1/c2cccc(Cl)c2c2c(Cl)cc3c4c(cc(Cl)c1c42)C(=O)OC3=O. The largest absolute Gasteiger partial charge is 0.386 e. The molecule has 0 fully saturated rings. The molecule has 0 saturated carbocycles. The van der Waals surface area contributed by atoms with Gasteiger partial charge in [0, 0.05) is 42.0 Å². The Balaban J connectivity index is 2.29. The highest BCUT2D eigenvalue weighted by Gasteiger charge is 2.31. The van der Waals surface area contributed by atoms with Crippen LogP contribution in [0.4, 0.5) is 0 Å². The standard InChI is InChI=1S/C21H9Cl3O3/c1-2-8-9-4-3-5-12(22)17(9)18-14(24)7-11-15-10(20(25)27-21(11)26)6-13(23)16(8)19(15)18/h2-7H,1H3/b8-2-. The molecule has 6 heteroatoms. The smallest absolute Gasteiger partial charge is 0.346 e. The van der Waals surface area contributed by atoms with E-state index >= 15 is 0 Å². The van der Waals surface area contributed by atoms with E-state index in [2.05, 4.69) is 0 Å². The first-order valence-corrected chi connectivity index (χ1v) is 9.28. The van der Waals surface area contributed by atoms with Gasteiger partial charge in [0.2, 0.25) is 0 Å². The monoisotopic (exact) mass is 414 g/mol. The molecule has 5 rings (SSSR count). The number of halogens is 3. The third kappa shape index (κ3) is 2.05. The molecule has 0 atom stereocenters. The van der Waals surface area contributed by atoms with Gasteiger partial charge in [0.15, 0.2) is 0 Å². The number of carbonyl (C=O) groups excluding carboxylic acids is 2. The Morgan fingerprint density at radius 2 is 1.41 bits per heavy atom. The van der Waals surface area contributed by atoms with Crippen molar-refractivity contribution in [3.63, 3.8) is 0 Å². The average molecular weight is 416 g/mol. The zero-order valence-corrected chi connectivity index (χ0v) is 16.1. The van der Waals surface area contributed by atoms with Gasteiger partial charge in [-0.05, 0) is 35.7 Å². The summed E-state index contributed by atoms with van der Waals surface area (Å²) in [6.45, 7) is 1.90. The Labute approximate surface area is 168 Å². The van der Waals surface area contributed by atoms with Crippen LogP contribution in [-0.2, 0) is 4.74 Å². The summed E-state index contributed by atoms with van der Waals surface area (Å²) in [7, 11) is 0. The third-order valence-corrected chi connectivity index (χ3v) is 5.96. The van der Waals surface area contributed by atoms with Crippen LogP contribution in [0.15, 0.2) is 30.3 Å². The Bertz CT molecular complexity index is 1400. The molecule has 0 bridgehead atoms. The second-order valence-electron chi connectivity index (χ2n) is 6.35. The molecule has 0 aromatic heterocycles. The van der Waals surface area contributed by atoms with Crippen molar-refractivity contribution in [1.82, 2.24) is 0 Å². The zero-order valence-electron chi connectivity index (χ0n) is 13.8. The molecule has 4 aromatic rings. The van der Waals surface area contributed by atoms with E-state index in [1.807, 2.05) is 25.1 Å². The lowest BCUT2D eigenvalue weighted by Gasteiger charge is -2.21. The highest BCUT2D eigenvalue weighted by Crippen LogP contribution is 2.44. The maximum atomic E-state index is 12.3. The number of carbonyl (C=O) groups is 2. The van der Waals surface area contributed by atoms with Crippen LogP contribution >= 0.6 is 34.8 Å². The maximum absolute atomic E-state index is 12.3. The topological polar surface area (TPSA) is 43.4 Å². The van der Waals surface area contributed by atoms with E-state index in [9.17, 15) is 9.59 Å². The number of ether oxygens (including phenoxy) is 1. The van der Waals surface area contributed by atoms with Gasteiger partial charge in [-0.15, -0.1) is 0 Å². The number of cyclic esters (lactones) is 2. The summed E-state index contributed by atoms with van der Waals surface area (Å²) in [5, 5.41) is 6.34. The molecular formula is C21H9Cl3O3. The van der Waals surface area contributed by atoms with Crippen LogP contribution in [0.3, 0.4) is 0 Å². The van der Waals surface area contributed by atoms with Crippen molar-refractivity contribution < 1.29 is 14.3 Å². The summed E-state index contributed by atoms with van der Waals surface area (Å²) >= 11 is 19.7. The molecule has 0 unspecified atom stereocenters. The van der Waals surface area contributed by atoms with E-state index in [-0.39, 0.29) is 11.1 Å². The van der Waals surface area contributed by atoms with Gasteiger partial charge in [0.1, 0.15) is 0 Å². The number of fused-ring (bicyclic) bond motifs is 2. The predicted molar refractivity (Wildman–Crippen MR) is 109 cm³/mol. The summed E-state index contributed by atoms with van der Waals surface area (Å²) < 4.78 is 4.85. The minimum atomic E-state index is -0.721. The van der Waals surface area contributed by atoms with Crippen LogP contribution in [0.2, 0.25) is 15.1 Å². The molecule has 27 heavy (non-hydrogen) atoms. The minimum Gasteiger partial charge on any atom is -0.386 e. The quantitative estimate of drug-likeness (QED) is 0.155. The van der Waals surface area contributed by atoms with Crippen LogP contribution < -0.4 is 5.22 Å². The van der Waals surface area contributed by atoms with Crippen molar-refractivity contribution in [2.45, 2.75) is 6.92 Å². The van der Waals surface area contributed by atoms with Gasteiger partial charge in [0.05, 0.1) is 11.1 Å². The van der Waals surface area contributed by atoms with E-state index in [0.717, 1.165) is 21.4 Å². The van der Waals surface area contributed by atoms with Gasteiger partial charge in [0.25, 0.3) is 0 Å². The van der Waals surface area contributed by atoms with Gasteiger partial charge in [-0.1, -0.05) is 53.0 Å². The summed E-state index contributed by atoms with van der Waals surface area (Å²) in [5.74, 6) is -1.44. The maximum Gasteiger partial charge on any atom is 0.346 e. The molecule has 0 spiro atoms. The number of hydrogen-bond donors (Lipinski definition) is 0. The molecule has 0 radical (unpaired) electrons. The Kier molecular flexibility index (Phi) is 3.48. The van der Waals surface area contributed by atoms with Crippen LogP contribution in [0.25, 0.3) is 38.4 Å². The molecule has 4 aromatic carbocycles. The zero-order chi connectivity index (χ0) is 19.0. The van der Waals surface area contributed by atoms with Gasteiger partial charge < -0.3 is 4.74 Å². The summed E-state index contributed by atoms with van der Waals surface area (Å²) in [6, 6.07) is 8.68. The molecule has 0 amide bonds. The fraction of sp³-hybridized carbons (Fsp3) is 0.0476. The molecule has 0 N–H and O–H groups in total. The van der Waals surface area contributed by atoms with Crippen molar-refractivity contribution in [3.8, 4) is 0 Å². The Morgan fingerprint density at radius 1 is 0.778 bits per heavy atom. The highest BCUT2D eigenvalue weighted by atomic mass is 35.5. The number of benzene rings is 4. The molecule has 132 valence electrons. The summed E-state index contributed by atoms with van der Waals surface area (Å²) in [6.07, 6.45) is 1.94. The van der Waals surface area contributed by atoms with Gasteiger partial charge in [-0.3, -0.25) is 0 Å². The third-order valence-electron chi connectivity index (χ3n) is 5.05. The normalized spacial score (nSPS) is 14.6. The van der Waals surface area contributed by atoms with Crippen molar-refractivity contribution in [2.75, 3.05) is 0 Å². The van der Waals surface area contributed by atoms with E-state index in [1.165, 1.54) is 6.07 Å². The van der Waals surface area contributed by atoms with Crippen LogP contribution in [0, 0.1) is 0 Å². The molecule has 3 nitrogen and oxygen atoms in total. The minimum absolute atomic E-state index is 0.247. The Hall–Kier alpha value is -2.33. The van der Waals surface area contributed by atoms with Crippen molar-refractivity contribution >= 4 is 85.1 Å². The van der Waals surface area contributed by atoms with Crippen LogP contribution in [0.5, 0.6) is 0 Å². The molecule has 1 heterocycles. The predicted octanol–water partition coefficient (Wildman–Crippen LogP) is 5.94. The molecular weight excluding hydrogens is 407 g/mol. The fourth-order valence-electron chi connectivity index (χ4n) is 4.03. The van der Waals surface area contributed by atoms with E-state index in [0.29, 0.717) is 31.2 Å². The molecule has 1 aliphatic rings. The van der Waals surface area contributed by atoms with E-state index < -0.39 is 11.9 Å². The Morgan fingerprint density at radius 3 is 2.04 bits per heavy atom. The lowest BCUT2D eigenvalue weighted by Crippen LogP contribution is -2.21. The summed E-state index contributed by atoms with van der Waals surface area (Å²) in [4.78, 5) is 24.7. The summed E-state index contributed by atoms with van der Waals surface area (Å²) in [5.41, 5.74) is 0.495. The first kappa shape index (κ1) is 16.8. The average Bonchev–Trinajstić information content (AvgIpc) is 2.63. The number of hydrogen-bond acceptors (Lipinski definition) is 3. The first-order chi connectivity index (χ1) is 12.9. The lowest BCUT2D eigenvalue weighted by molar-refractivity contribution is 0.0391. The van der Waals surface area contributed by atoms with Crippen molar-refractivity contribution in [2.24, 2.45) is 0 Å². The first-order valence-electron chi connectivity index (χ1n) is 8.15. The second kappa shape index (κ2) is 5.59. The molecule has 0 aliphatic carbocycles. The van der Waals surface area contributed by atoms with Crippen LogP contribution in [-0.4, -0.2) is 11.9 Å². The molecule has 1 aliphatic heterocycles. The van der Waals surface area contributed by atoms with Crippen molar-refractivity contribution in [3.05, 3.63) is 61.7 Å². The number of esters is 2. The van der Waals surface area contributed by atoms with E-state index in [4.69, 9.17) is 39.5 Å². The van der Waals surface area contributed by atoms with Crippen molar-refractivity contribution in [1.29, 1.82) is 0 Å².